The van der Waals surface area contributed by atoms with E-state index in [1.165, 1.54) is 5.56 Å². The number of fused-ring (bicyclic) bond motifs is 2. The molecule has 0 radical (unpaired) electrons. The Morgan fingerprint density at radius 3 is 2.81 bits per heavy atom. The molecule has 4 rings (SSSR count). The van der Waals surface area contributed by atoms with Crippen LogP contribution in [0.3, 0.4) is 0 Å². The molecule has 21 heavy (non-hydrogen) atoms. The molecule has 2 aromatic carbocycles. The summed E-state index contributed by atoms with van der Waals surface area (Å²) in [6.07, 6.45) is 0.958. The van der Waals surface area contributed by atoms with Gasteiger partial charge in [0.15, 0.2) is 5.76 Å². The van der Waals surface area contributed by atoms with Gasteiger partial charge in [0.2, 0.25) is 5.78 Å². The first-order valence-corrected chi connectivity index (χ1v) is 7.17. The highest BCUT2D eigenvalue weighted by Crippen LogP contribution is 2.28. The molecule has 104 valence electrons. The molecule has 0 spiro atoms. The summed E-state index contributed by atoms with van der Waals surface area (Å²) in [5.41, 5.74) is 3.06. The summed E-state index contributed by atoms with van der Waals surface area (Å²) in [6.45, 7) is 0.813. The third kappa shape index (κ3) is 2.06. The molecule has 0 aliphatic carbocycles. The molecule has 1 aromatic heterocycles. The van der Waals surface area contributed by atoms with Gasteiger partial charge in [-0.1, -0.05) is 42.5 Å². The van der Waals surface area contributed by atoms with Crippen LogP contribution in [0.1, 0.15) is 27.7 Å². The molecule has 3 heteroatoms. The van der Waals surface area contributed by atoms with Crippen molar-refractivity contribution in [3.63, 3.8) is 0 Å². The molecular formula is C18H15NO2. The van der Waals surface area contributed by atoms with Crippen molar-refractivity contribution in [2.45, 2.75) is 12.5 Å². The van der Waals surface area contributed by atoms with Crippen molar-refractivity contribution in [2.24, 2.45) is 0 Å². The average Bonchev–Trinajstić information content (AvgIpc) is 2.97. The van der Waals surface area contributed by atoms with Crippen LogP contribution in [0.2, 0.25) is 0 Å². The third-order valence-corrected chi connectivity index (χ3v) is 4.04. The molecule has 0 bridgehead atoms. The summed E-state index contributed by atoms with van der Waals surface area (Å²) >= 11 is 0. The third-order valence-electron chi connectivity index (χ3n) is 4.04. The summed E-state index contributed by atoms with van der Waals surface area (Å²) in [5.74, 6) is 0.420. The molecule has 0 saturated heterocycles. The SMILES string of the molecule is O=C(c1cc2ccccc2o1)C1NCCc2ccccc21. The predicted octanol–water partition coefficient (Wildman–Crippen LogP) is 3.50. The van der Waals surface area contributed by atoms with Gasteiger partial charge in [-0.05, 0) is 29.7 Å². The first-order valence-electron chi connectivity index (χ1n) is 7.17. The number of Topliss-reactive ketones (excluding diaryl/α,β-unsaturated/α-hetero) is 1. The maximum atomic E-state index is 12.8. The predicted molar refractivity (Wildman–Crippen MR) is 81.4 cm³/mol. The Bertz CT molecular complexity index is 786. The van der Waals surface area contributed by atoms with Crippen molar-refractivity contribution in [3.05, 3.63) is 71.5 Å². The second kappa shape index (κ2) is 4.86. The highest BCUT2D eigenvalue weighted by molar-refractivity contribution is 6.01. The van der Waals surface area contributed by atoms with Crippen LogP contribution in [0, 0.1) is 0 Å². The van der Waals surface area contributed by atoms with Crippen LogP contribution in [0.4, 0.5) is 0 Å². The first-order chi connectivity index (χ1) is 10.3. The number of para-hydroxylation sites is 1. The molecule has 3 aromatic rings. The molecule has 1 atom stereocenters. The second-order valence-electron chi connectivity index (χ2n) is 5.35. The van der Waals surface area contributed by atoms with Crippen LogP contribution in [-0.4, -0.2) is 12.3 Å². The van der Waals surface area contributed by atoms with E-state index in [0.717, 1.165) is 29.5 Å². The molecule has 0 saturated carbocycles. The van der Waals surface area contributed by atoms with Gasteiger partial charge in [-0.25, -0.2) is 0 Å². The lowest BCUT2D eigenvalue weighted by atomic mass is 9.91. The minimum absolute atomic E-state index is 0.00153. The number of carbonyl (C=O) groups is 1. The Balaban J connectivity index is 1.75. The number of hydrogen-bond donors (Lipinski definition) is 1. The van der Waals surface area contributed by atoms with Crippen LogP contribution >= 0.6 is 0 Å². The summed E-state index contributed by atoms with van der Waals surface area (Å²) in [6, 6.07) is 17.3. The quantitative estimate of drug-likeness (QED) is 0.729. The minimum atomic E-state index is -0.310. The monoisotopic (exact) mass is 277 g/mol. The van der Waals surface area contributed by atoms with Crippen LogP contribution in [-0.2, 0) is 6.42 Å². The summed E-state index contributed by atoms with van der Waals surface area (Å²) in [7, 11) is 0. The largest absolute Gasteiger partial charge is 0.453 e. The van der Waals surface area contributed by atoms with E-state index in [9.17, 15) is 4.79 Å². The van der Waals surface area contributed by atoms with E-state index in [1.807, 2.05) is 48.5 Å². The number of carbonyl (C=O) groups excluding carboxylic acids is 1. The number of furan rings is 1. The molecule has 1 unspecified atom stereocenters. The Hall–Kier alpha value is -2.39. The molecule has 1 aliphatic rings. The smallest absolute Gasteiger partial charge is 0.219 e. The number of benzene rings is 2. The Labute approximate surface area is 122 Å². The van der Waals surface area contributed by atoms with Gasteiger partial charge in [-0.3, -0.25) is 4.79 Å². The fraction of sp³-hybridized carbons (Fsp3) is 0.167. The molecule has 3 nitrogen and oxygen atoms in total. The van der Waals surface area contributed by atoms with E-state index in [0.29, 0.717) is 5.76 Å². The van der Waals surface area contributed by atoms with E-state index in [1.54, 1.807) is 0 Å². The van der Waals surface area contributed by atoms with Crippen LogP contribution in [0.25, 0.3) is 11.0 Å². The van der Waals surface area contributed by atoms with E-state index in [-0.39, 0.29) is 11.8 Å². The standard InChI is InChI=1S/C18H15NO2/c20-18(16-11-13-6-2-4-8-15(13)21-16)17-14-7-3-1-5-12(14)9-10-19-17/h1-8,11,17,19H,9-10H2. The van der Waals surface area contributed by atoms with Gasteiger partial charge in [0, 0.05) is 11.9 Å². The zero-order chi connectivity index (χ0) is 14.2. The molecule has 0 amide bonds. The van der Waals surface area contributed by atoms with Crippen molar-refractivity contribution < 1.29 is 9.21 Å². The zero-order valence-electron chi connectivity index (χ0n) is 11.5. The number of nitrogens with one attached hydrogen (secondary N) is 1. The lowest BCUT2D eigenvalue weighted by molar-refractivity contribution is 0.0914. The summed E-state index contributed by atoms with van der Waals surface area (Å²) < 4.78 is 5.71. The lowest BCUT2D eigenvalue weighted by Crippen LogP contribution is -2.35. The lowest BCUT2D eigenvalue weighted by Gasteiger charge is -2.25. The summed E-state index contributed by atoms with van der Waals surface area (Å²) in [4.78, 5) is 12.8. The summed E-state index contributed by atoms with van der Waals surface area (Å²) in [5, 5.41) is 4.27. The normalized spacial score (nSPS) is 17.6. The molecule has 1 aliphatic heterocycles. The van der Waals surface area contributed by atoms with E-state index >= 15 is 0 Å². The maximum absolute atomic E-state index is 12.8. The van der Waals surface area contributed by atoms with Gasteiger partial charge >= 0.3 is 0 Å². The van der Waals surface area contributed by atoms with Gasteiger partial charge in [-0.2, -0.15) is 0 Å². The first kappa shape index (κ1) is 12.4. The van der Waals surface area contributed by atoms with Crippen LogP contribution in [0.15, 0.2) is 59.0 Å². The zero-order valence-corrected chi connectivity index (χ0v) is 11.5. The molecule has 0 fully saturated rings. The number of rotatable bonds is 2. The average molecular weight is 277 g/mol. The highest BCUT2D eigenvalue weighted by Gasteiger charge is 2.28. The van der Waals surface area contributed by atoms with Crippen molar-refractivity contribution in [2.75, 3.05) is 6.54 Å². The second-order valence-corrected chi connectivity index (χ2v) is 5.35. The molecular weight excluding hydrogens is 262 g/mol. The van der Waals surface area contributed by atoms with Crippen molar-refractivity contribution in [3.8, 4) is 0 Å². The van der Waals surface area contributed by atoms with Gasteiger partial charge in [0.05, 0.1) is 0 Å². The van der Waals surface area contributed by atoms with Gasteiger partial charge in [0.1, 0.15) is 11.6 Å². The van der Waals surface area contributed by atoms with Crippen LogP contribution < -0.4 is 5.32 Å². The van der Waals surface area contributed by atoms with E-state index in [4.69, 9.17) is 4.42 Å². The van der Waals surface area contributed by atoms with Crippen molar-refractivity contribution in [1.82, 2.24) is 5.32 Å². The van der Waals surface area contributed by atoms with Gasteiger partial charge < -0.3 is 9.73 Å². The Kier molecular flexibility index (Phi) is 2.86. The van der Waals surface area contributed by atoms with Crippen molar-refractivity contribution in [1.29, 1.82) is 0 Å². The van der Waals surface area contributed by atoms with E-state index < -0.39 is 0 Å². The molecule has 2 heterocycles. The van der Waals surface area contributed by atoms with Gasteiger partial charge in [0.25, 0.3) is 0 Å². The topological polar surface area (TPSA) is 42.2 Å². The minimum Gasteiger partial charge on any atom is -0.453 e. The number of hydrogen-bond acceptors (Lipinski definition) is 3. The fourth-order valence-electron chi connectivity index (χ4n) is 2.98. The Morgan fingerprint density at radius 2 is 1.90 bits per heavy atom. The fourth-order valence-corrected chi connectivity index (χ4v) is 2.98. The van der Waals surface area contributed by atoms with Crippen LogP contribution in [0.5, 0.6) is 0 Å². The van der Waals surface area contributed by atoms with Gasteiger partial charge in [-0.15, -0.1) is 0 Å². The Morgan fingerprint density at radius 1 is 1.10 bits per heavy atom. The number of ketones is 1. The highest BCUT2D eigenvalue weighted by atomic mass is 16.3. The van der Waals surface area contributed by atoms with Crippen molar-refractivity contribution >= 4 is 16.8 Å². The molecule has 1 N–H and O–H groups in total. The van der Waals surface area contributed by atoms with E-state index in [2.05, 4.69) is 11.4 Å². The maximum Gasteiger partial charge on any atom is 0.219 e.